The van der Waals surface area contributed by atoms with Gasteiger partial charge in [0.05, 0.1) is 17.3 Å². The van der Waals surface area contributed by atoms with E-state index in [0.717, 1.165) is 16.0 Å². The fourth-order valence-electron chi connectivity index (χ4n) is 6.40. The number of rotatable bonds is 10. The topological polar surface area (TPSA) is 204 Å². The van der Waals surface area contributed by atoms with Gasteiger partial charge in [0.2, 0.25) is 11.8 Å². The third-order valence-electron chi connectivity index (χ3n) is 9.00. The first kappa shape index (κ1) is 70.9. The summed E-state index contributed by atoms with van der Waals surface area (Å²) in [5, 5.41) is 0. The zero-order valence-electron chi connectivity index (χ0n) is 35.6. The van der Waals surface area contributed by atoms with Crippen LogP contribution in [0.1, 0.15) is 110 Å². The molecule has 0 saturated carbocycles. The first-order chi connectivity index (χ1) is 29.5. The van der Waals surface area contributed by atoms with Gasteiger partial charge in [0.1, 0.15) is 23.0 Å². The van der Waals surface area contributed by atoms with Gasteiger partial charge in [-0.05, 0) is 96.3 Å². The Morgan fingerprint density at radius 3 is 1.17 bits per heavy atom. The predicted molar refractivity (Wildman–Crippen MR) is 276 cm³/mol. The molecular weight excluding hydrogens is 896 g/mol. The molecule has 0 bridgehead atoms. The SMILES string of the molecule is C.C.C.C.C.C.C=Cc1ccc(OC(C)=O)cc1.CC(=O)Oc1ccc(N2C(=O)C=CC2=O)cc1.CCC(c1ccc(OC(C)=O)cc1)C1C(=O)N(c2ccc(OC(C)=O)cc2)C(=O)C1C.[B].[NH]=[Al]. The molecule has 0 aliphatic carbocycles. The summed E-state index contributed by atoms with van der Waals surface area (Å²) in [6, 6.07) is 26.6. The molecule has 4 aromatic rings. The minimum atomic E-state index is -0.509. The Bertz CT molecular complexity index is 2300. The predicted octanol–water partition coefficient (Wildman–Crippen LogP) is 10.5. The molecule has 3 atom stereocenters. The van der Waals surface area contributed by atoms with E-state index in [-0.39, 0.29) is 88.5 Å². The molecular formula is C52H69AlBN3O12. The van der Waals surface area contributed by atoms with Gasteiger partial charge in [-0.2, -0.15) is 0 Å². The first-order valence-electron chi connectivity index (χ1n) is 19.0. The number of carbonyl (C=O) groups excluding carboxylic acids is 8. The fraction of sp³-hybridized carbons (Fsp3) is 0.308. The Kier molecular flexibility index (Phi) is 35.2. The molecule has 15 nitrogen and oxygen atoms in total. The van der Waals surface area contributed by atoms with Crippen LogP contribution in [0.15, 0.2) is 116 Å². The monoisotopic (exact) mass is 965 g/mol. The van der Waals surface area contributed by atoms with Gasteiger partial charge in [0.25, 0.3) is 11.8 Å². The Morgan fingerprint density at radius 2 is 0.870 bits per heavy atom. The van der Waals surface area contributed by atoms with E-state index in [1.54, 1.807) is 89.8 Å². The van der Waals surface area contributed by atoms with Crippen LogP contribution in [0.4, 0.5) is 11.4 Å². The summed E-state index contributed by atoms with van der Waals surface area (Å²) in [6.07, 6.45) is 4.82. The van der Waals surface area contributed by atoms with Crippen molar-refractivity contribution in [2.45, 2.75) is 98.4 Å². The Balaban J connectivity index is -0.000000307. The van der Waals surface area contributed by atoms with Gasteiger partial charge < -0.3 is 18.9 Å². The van der Waals surface area contributed by atoms with Crippen LogP contribution in [0, 0.1) is 16.2 Å². The second-order valence-electron chi connectivity index (χ2n) is 13.4. The van der Waals surface area contributed by atoms with E-state index in [2.05, 4.69) is 6.58 Å². The fourth-order valence-corrected chi connectivity index (χ4v) is 6.40. The van der Waals surface area contributed by atoms with Crippen molar-refractivity contribution in [3.05, 3.63) is 127 Å². The molecule has 1 saturated heterocycles. The quantitative estimate of drug-likeness (QED) is 0.0682. The van der Waals surface area contributed by atoms with Gasteiger partial charge >= 0.3 is 44.3 Å². The number of esters is 4. The molecule has 4 amide bonds. The van der Waals surface area contributed by atoms with E-state index >= 15 is 0 Å². The summed E-state index contributed by atoms with van der Waals surface area (Å²) in [5.41, 5.74) is 2.80. The normalized spacial score (nSPS) is 13.8. The maximum absolute atomic E-state index is 13.3. The standard InChI is InChI=1S/C24H25NO6.C12H9NO4.C10H10O2.6CH4.Al.B.HN/c1-5-21(17-6-10-19(11-7-17)30-15(3)26)22-14(2)23(28)25(24(22)29)18-8-12-20(13-9-18)31-16(4)27;1-8(14)17-10-4-2-9(3-5-10)13-11(15)6-7-12(13)16;1-3-9-4-6-10(7-5-9)12-8(2)11;;;;;;;;;/h6-14,21-22H,5H2,1-4H3;2-7H,1H3;3-7H,1H2,2H3;6*1H4;;;1H. The molecule has 4 radical (unpaired) electrons. The van der Waals surface area contributed by atoms with Crippen LogP contribution in [0.2, 0.25) is 0 Å². The molecule has 2 heterocycles. The first-order valence-corrected chi connectivity index (χ1v) is 19.6. The Morgan fingerprint density at radius 1 is 0.565 bits per heavy atom. The zero-order chi connectivity index (χ0) is 46.1. The minimum absolute atomic E-state index is 0. The number of ether oxygens (including phenoxy) is 4. The summed E-state index contributed by atoms with van der Waals surface area (Å²) in [4.78, 5) is 94.8. The molecule has 3 unspecified atom stereocenters. The third kappa shape index (κ3) is 20.4. The average molecular weight is 966 g/mol. The second kappa shape index (κ2) is 34.2. The number of anilines is 2. The number of benzene rings is 4. The molecule has 17 heteroatoms. The molecule has 6 rings (SSSR count). The van der Waals surface area contributed by atoms with E-state index in [9.17, 15) is 38.4 Å². The van der Waals surface area contributed by atoms with Gasteiger partial charge in [0, 0.05) is 54.2 Å². The van der Waals surface area contributed by atoms with Crippen LogP contribution in [0.25, 0.3) is 6.08 Å². The molecule has 2 aliphatic rings. The van der Waals surface area contributed by atoms with Crippen LogP contribution < -0.4 is 28.7 Å². The zero-order valence-corrected chi connectivity index (χ0v) is 36.7. The molecule has 4 aromatic carbocycles. The van der Waals surface area contributed by atoms with Crippen molar-refractivity contribution >= 4 is 89.5 Å². The molecule has 2 aliphatic heterocycles. The van der Waals surface area contributed by atoms with Crippen LogP contribution >= 0.6 is 0 Å². The van der Waals surface area contributed by atoms with Crippen molar-refractivity contribution in [2.75, 3.05) is 9.80 Å². The van der Waals surface area contributed by atoms with Crippen molar-refractivity contribution in [2.24, 2.45) is 11.8 Å². The average Bonchev–Trinajstić information content (AvgIpc) is 3.68. The van der Waals surface area contributed by atoms with Crippen LogP contribution in [-0.4, -0.2) is 72.0 Å². The molecule has 69 heavy (non-hydrogen) atoms. The number of hydrogen-bond acceptors (Lipinski definition) is 13. The summed E-state index contributed by atoms with van der Waals surface area (Å²) >= 11 is 1.67. The van der Waals surface area contributed by atoms with Gasteiger partial charge in [-0.1, -0.05) is 95.3 Å². The summed E-state index contributed by atoms with van der Waals surface area (Å²) in [6.45, 7) is 12.7. The summed E-state index contributed by atoms with van der Waals surface area (Å²) < 4.78 is 25.4. The van der Waals surface area contributed by atoms with Gasteiger partial charge in [0.15, 0.2) is 0 Å². The van der Waals surface area contributed by atoms with Crippen molar-refractivity contribution in [3.63, 3.8) is 0 Å². The van der Waals surface area contributed by atoms with Crippen LogP contribution in [0.5, 0.6) is 23.0 Å². The number of carbonyl (C=O) groups is 8. The number of nitrogens with zero attached hydrogens (tertiary/aromatic N) is 2. The number of amides is 4. The third-order valence-corrected chi connectivity index (χ3v) is 9.00. The van der Waals surface area contributed by atoms with E-state index in [1.807, 2.05) is 31.2 Å². The number of imide groups is 2. The van der Waals surface area contributed by atoms with Gasteiger partial charge in [-0.15, -0.1) is 0 Å². The van der Waals surface area contributed by atoms with Crippen molar-refractivity contribution < 1.29 is 57.3 Å². The van der Waals surface area contributed by atoms with Gasteiger partial charge in [-0.3, -0.25) is 43.3 Å². The molecule has 1 N–H and O–H groups in total. The molecule has 370 valence electrons. The van der Waals surface area contributed by atoms with Crippen molar-refractivity contribution in [1.29, 1.82) is 4.35 Å². The van der Waals surface area contributed by atoms with Gasteiger partial charge in [-0.25, -0.2) is 4.90 Å². The Labute approximate surface area is 419 Å². The van der Waals surface area contributed by atoms with Crippen LogP contribution in [0.3, 0.4) is 0 Å². The second-order valence-corrected chi connectivity index (χ2v) is 13.4. The summed E-state index contributed by atoms with van der Waals surface area (Å²) in [7, 11) is 0. The van der Waals surface area contributed by atoms with E-state index in [0.29, 0.717) is 40.8 Å². The van der Waals surface area contributed by atoms with Crippen molar-refractivity contribution in [3.8, 4) is 23.0 Å². The van der Waals surface area contributed by atoms with Crippen LogP contribution in [-0.2, 0) is 38.4 Å². The molecule has 0 spiro atoms. The van der Waals surface area contributed by atoms with E-state index in [1.165, 1.54) is 56.9 Å². The number of nitrogens with one attached hydrogen (secondary N) is 1. The molecule has 1 fully saturated rings. The molecule has 0 aromatic heterocycles. The van der Waals surface area contributed by atoms with Crippen molar-refractivity contribution in [1.82, 2.24) is 0 Å². The van der Waals surface area contributed by atoms with E-state index in [4.69, 9.17) is 23.3 Å². The summed E-state index contributed by atoms with van der Waals surface area (Å²) in [5.74, 6) is -2.30. The Hall–Kier alpha value is -7.08. The maximum atomic E-state index is 13.3. The number of hydrogen-bond donors (Lipinski definition) is 1. The van der Waals surface area contributed by atoms with E-state index < -0.39 is 29.7 Å².